The predicted molar refractivity (Wildman–Crippen MR) is 96.9 cm³/mol. The maximum atomic E-state index is 12.9. The molecule has 0 unspecified atom stereocenters. The summed E-state index contributed by atoms with van der Waals surface area (Å²) in [6, 6.07) is 13.3. The molecule has 3 rings (SSSR count). The number of benzene rings is 1. The smallest absolute Gasteiger partial charge is 0.251 e. The third-order valence-corrected chi connectivity index (χ3v) is 4.48. The Balaban J connectivity index is 1.79. The molecule has 130 valence electrons. The number of likely N-dealkylation sites (tertiary alicyclic amines) is 1. The molecule has 25 heavy (non-hydrogen) atoms. The first kappa shape index (κ1) is 17.0. The van der Waals surface area contributed by atoms with E-state index in [0.29, 0.717) is 18.8 Å². The molecule has 1 saturated heterocycles. The second-order valence-corrected chi connectivity index (χ2v) is 6.13. The van der Waals surface area contributed by atoms with Gasteiger partial charge in [0.05, 0.1) is 6.26 Å². The standard InChI is InChI=1S/C20H22N2O3/c1-16(23)21-13-11-18(12-14-21)22(17-6-3-2-4-7-17)20(24)10-9-19-8-5-15-25-19/h2-10,15,18H,11-14H2,1H3/b10-9+. The van der Waals surface area contributed by atoms with Gasteiger partial charge in [0.1, 0.15) is 5.76 Å². The molecule has 1 aliphatic rings. The fourth-order valence-electron chi connectivity index (χ4n) is 3.17. The Morgan fingerprint density at radius 1 is 1.12 bits per heavy atom. The van der Waals surface area contributed by atoms with Crippen LogP contribution in [0.3, 0.4) is 0 Å². The molecule has 1 fully saturated rings. The molecule has 2 heterocycles. The second kappa shape index (κ2) is 7.83. The molecule has 0 saturated carbocycles. The minimum absolute atomic E-state index is 0.0757. The van der Waals surface area contributed by atoms with Crippen LogP contribution in [0, 0.1) is 0 Å². The molecule has 0 bridgehead atoms. The van der Waals surface area contributed by atoms with Crippen molar-refractivity contribution in [2.45, 2.75) is 25.8 Å². The van der Waals surface area contributed by atoms with Crippen molar-refractivity contribution in [1.29, 1.82) is 0 Å². The lowest BCUT2D eigenvalue weighted by atomic mass is 10.0. The minimum Gasteiger partial charge on any atom is -0.465 e. The van der Waals surface area contributed by atoms with E-state index in [1.165, 1.54) is 0 Å². The maximum Gasteiger partial charge on any atom is 0.251 e. The first-order valence-corrected chi connectivity index (χ1v) is 8.50. The van der Waals surface area contributed by atoms with Crippen LogP contribution < -0.4 is 4.90 Å². The molecule has 5 heteroatoms. The topological polar surface area (TPSA) is 53.8 Å². The van der Waals surface area contributed by atoms with Gasteiger partial charge in [0.15, 0.2) is 0 Å². The number of rotatable bonds is 4. The number of carbonyl (C=O) groups is 2. The van der Waals surface area contributed by atoms with Crippen LogP contribution in [0.2, 0.25) is 0 Å². The van der Waals surface area contributed by atoms with Crippen LogP contribution in [0.1, 0.15) is 25.5 Å². The molecule has 0 atom stereocenters. The van der Waals surface area contributed by atoms with Crippen LogP contribution in [0.5, 0.6) is 0 Å². The number of amides is 2. The summed E-state index contributed by atoms with van der Waals surface area (Å²) >= 11 is 0. The van der Waals surface area contributed by atoms with Crippen molar-refractivity contribution < 1.29 is 14.0 Å². The summed E-state index contributed by atoms with van der Waals surface area (Å²) in [6.07, 6.45) is 6.35. The summed E-state index contributed by atoms with van der Waals surface area (Å²) in [4.78, 5) is 28.1. The summed E-state index contributed by atoms with van der Waals surface area (Å²) in [5.74, 6) is 0.658. The number of hydrogen-bond acceptors (Lipinski definition) is 3. The molecule has 0 radical (unpaired) electrons. The summed E-state index contributed by atoms with van der Waals surface area (Å²) in [7, 11) is 0. The highest BCUT2D eigenvalue weighted by molar-refractivity contribution is 6.04. The monoisotopic (exact) mass is 338 g/mol. The molecule has 1 aromatic heterocycles. The van der Waals surface area contributed by atoms with Crippen molar-refractivity contribution >= 4 is 23.6 Å². The zero-order chi connectivity index (χ0) is 17.6. The SMILES string of the molecule is CC(=O)N1CCC(N(C(=O)/C=C/c2ccco2)c2ccccc2)CC1. The first-order chi connectivity index (χ1) is 12.1. The molecule has 1 aliphatic heterocycles. The third kappa shape index (κ3) is 4.18. The Kier molecular flexibility index (Phi) is 5.33. The van der Waals surface area contributed by atoms with Gasteiger partial charge in [-0.3, -0.25) is 9.59 Å². The number of anilines is 1. The molecular formula is C20H22N2O3. The van der Waals surface area contributed by atoms with E-state index < -0.39 is 0 Å². The van der Waals surface area contributed by atoms with Gasteiger partial charge in [-0.2, -0.15) is 0 Å². The Bertz CT molecular complexity index is 730. The number of furan rings is 1. The number of carbonyl (C=O) groups excluding carboxylic acids is 2. The van der Waals surface area contributed by atoms with E-state index in [9.17, 15) is 9.59 Å². The average Bonchev–Trinajstić information content (AvgIpc) is 3.15. The number of piperidine rings is 1. The van der Waals surface area contributed by atoms with Gasteiger partial charge < -0.3 is 14.2 Å². The quantitative estimate of drug-likeness (QED) is 0.804. The van der Waals surface area contributed by atoms with Gasteiger partial charge in [0.25, 0.3) is 5.91 Å². The van der Waals surface area contributed by atoms with E-state index in [-0.39, 0.29) is 17.9 Å². The van der Waals surface area contributed by atoms with E-state index in [1.807, 2.05) is 46.2 Å². The van der Waals surface area contributed by atoms with Gasteiger partial charge in [-0.05, 0) is 43.2 Å². The molecule has 0 spiro atoms. The predicted octanol–water partition coefficient (Wildman–Crippen LogP) is 3.34. The molecule has 1 aromatic carbocycles. The lowest BCUT2D eigenvalue weighted by Gasteiger charge is -2.38. The van der Waals surface area contributed by atoms with Gasteiger partial charge in [0, 0.05) is 37.8 Å². The van der Waals surface area contributed by atoms with Crippen molar-refractivity contribution in [3.8, 4) is 0 Å². The second-order valence-electron chi connectivity index (χ2n) is 6.13. The molecule has 0 aliphatic carbocycles. The van der Waals surface area contributed by atoms with Crippen LogP contribution in [0.25, 0.3) is 6.08 Å². The summed E-state index contributed by atoms with van der Waals surface area (Å²) in [6.45, 7) is 2.95. The molecule has 0 N–H and O–H groups in total. The van der Waals surface area contributed by atoms with Crippen molar-refractivity contribution in [2.75, 3.05) is 18.0 Å². The van der Waals surface area contributed by atoms with Crippen LogP contribution in [0.4, 0.5) is 5.69 Å². The van der Waals surface area contributed by atoms with E-state index >= 15 is 0 Å². The lowest BCUT2D eigenvalue weighted by Crippen LogP contribution is -2.48. The minimum atomic E-state index is -0.0797. The van der Waals surface area contributed by atoms with Gasteiger partial charge in [0.2, 0.25) is 5.91 Å². The van der Waals surface area contributed by atoms with Gasteiger partial charge in [-0.25, -0.2) is 0 Å². The van der Waals surface area contributed by atoms with E-state index in [0.717, 1.165) is 18.5 Å². The zero-order valence-electron chi connectivity index (χ0n) is 14.3. The molecule has 5 nitrogen and oxygen atoms in total. The Labute approximate surface area is 147 Å². The fourth-order valence-corrected chi connectivity index (χ4v) is 3.17. The Morgan fingerprint density at radius 2 is 1.84 bits per heavy atom. The number of nitrogens with zero attached hydrogens (tertiary/aromatic N) is 2. The Morgan fingerprint density at radius 3 is 2.44 bits per heavy atom. The van der Waals surface area contributed by atoms with E-state index in [2.05, 4.69) is 0 Å². The summed E-state index contributed by atoms with van der Waals surface area (Å²) in [5, 5.41) is 0. The van der Waals surface area contributed by atoms with Gasteiger partial charge >= 0.3 is 0 Å². The molecule has 2 amide bonds. The highest BCUT2D eigenvalue weighted by atomic mass is 16.3. The van der Waals surface area contributed by atoms with Crippen LogP contribution in [-0.4, -0.2) is 35.8 Å². The van der Waals surface area contributed by atoms with Crippen molar-refractivity contribution in [1.82, 2.24) is 4.90 Å². The zero-order valence-corrected chi connectivity index (χ0v) is 14.3. The van der Waals surface area contributed by atoms with Crippen molar-refractivity contribution in [3.05, 3.63) is 60.6 Å². The average molecular weight is 338 g/mol. The van der Waals surface area contributed by atoms with Crippen LogP contribution >= 0.6 is 0 Å². The van der Waals surface area contributed by atoms with Crippen molar-refractivity contribution in [2.24, 2.45) is 0 Å². The van der Waals surface area contributed by atoms with E-state index in [1.54, 1.807) is 31.4 Å². The fraction of sp³-hybridized carbons (Fsp3) is 0.300. The highest BCUT2D eigenvalue weighted by Crippen LogP contribution is 2.24. The number of hydrogen-bond donors (Lipinski definition) is 0. The van der Waals surface area contributed by atoms with Gasteiger partial charge in [-0.1, -0.05) is 18.2 Å². The first-order valence-electron chi connectivity index (χ1n) is 8.50. The van der Waals surface area contributed by atoms with Crippen LogP contribution in [0.15, 0.2) is 59.2 Å². The third-order valence-electron chi connectivity index (χ3n) is 4.48. The van der Waals surface area contributed by atoms with Crippen LogP contribution in [-0.2, 0) is 9.59 Å². The summed E-state index contributed by atoms with van der Waals surface area (Å²) in [5.41, 5.74) is 0.873. The van der Waals surface area contributed by atoms with Gasteiger partial charge in [-0.15, -0.1) is 0 Å². The number of para-hydroxylation sites is 1. The highest BCUT2D eigenvalue weighted by Gasteiger charge is 2.28. The normalized spacial score (nSPS) is 15.5. The maximum absolute atomic E-state index is 12.9. The lowest BCUT2D eigenvalue weighted by molar-refractivity contribution is -0.129. The molecular weight excluding hydrogens is 316 g/mol. The van der Waals surface area contributed by atoms with Crippen molar-refractivity contribution in [3.63, 3.8) is 0 Å². The largest absolute Gasteiger partial charge is 0.465 e. The van der Waals surface area contributed by atoms with E-state index in [4.69, 9.17) is 4.42 Å². The molecule has 2 aromatic rings. The Hall–Kier alpha value is -2.82. The summed E-state index contributed by atoms with van der Waals surface area (Å²) < 4.78 is 5.25.